The highest BCUT2D eigenvalue weighted by atomic mass is 32.1. The Morgan fingerprint density at radius 3 is 1.90 bits per heavy atom. The lowest BCUT2D eigenvalue weighted by atomic mass is 10.0. The van der Waals surface area contributed by atoms with E-state index in [0.717, 1.165) is 0 Å². The van der Waals surface area contributed by atoms with Gasteiger partial charge >= 0.3 is 0 Å². The minimum Gasteiger partial charge on any atom is -0.303 e. The molecule has 2 heteroatoms. The smallest absolute Gasteiger partial charge is 0.0475 e. The van der Waals surface area contributed by atoms with Crippen LogP contribution >= 0.6 is 12.6 Å². The molecule has 0 aromatic rings. The highest BCUT2D eigenvalue weighted by molar-refractivity contribution is 7.80. The molecule has 0 saturated heterocycles. The first kappa shape index (κ1) is 10.3. The summed E-state index contributed by atoms with van der Waals surface area (Å²) in [4.78, 5) is 0. The third-order valence-electron chi connectivity index (χ3n) is 1.70. The number of nitrogens with one attached hydrogen (secondary N) is 1. The van der Waals surface area contributed by atoms with Crippen LogP contribution in [0.3, 0.4) is 0 Å². The second kappa shape index (κ2) is 5.03. The molecular formula is C8H19NS. The Hall–Kier alpha value is 0.310. The molecule has 0 heterocycles. The van der Waals surface area contributed by atoms with E-state index in [9.17, 15) is 0 Å². The summed E-state index contributed by atoms with van der Waals surface area (Å²) in [7, 11) is 0. The van der Waals surface area contributed by atoms with Gasteiger partial charge in [-0.15, -0.1) is 0 Å². The highest BCUT2D eigenvalue weighted by Gasteiger charge is 2.10. The van der Waals surface area contributed by atoms with Crippen LogP contribution in [-0.4, -0.2) is 11.4 Å². The monoisotopic (exact) mass is 161 g/mol. The van der Waals surface area contributed by atoms with Gasteiger partial charge in [-0.2, -0.15) is 12.6 Å². The number of rotatable bonds is 4. The summed E-state index contributed by atoms with van der Waals surface area (Å²) in [6.07, 6.45) is 1.18. The van der Waals surface area contributed by atoms with E-state index >= 15 is 0 Å². The van der Waals surface area contributed by atoms with Crippen molar-refractivity contribution in [1.29, 1.82) is 0 Å². The maximum atomic E-state index is 4.27. The van der Waals surface area contributed by atoms with E-state index in [1.54, 1.807) is 0 Å². The molecule has 10 heavy (non-hydrogen) atoms. The lowest BCUT2D eigenvalue weighted by Gasteiger charge is -2.22. The standard InChI is InChI=1S/C8H19NS/c1-5-8(6(2)3)9-7(4)10/h6-10H,5H2,1-4H3. The highest BCUT2D eigenvalue weighted by Crippen LogP contribution is 2.06. The van der Waals surface area contributed by atoms with Crippen molar-refractivity contribution in [3.63, 3.8) is 0 Å². The Bertz CT molecular complexity index is 81.3. The quantitative estimate of drug-likeness (QED) is 0.476. The molecule has 0 rings (SSSR count). The van der Waals surface area contributed by atoms with E-state index in [1.165, 1.54) is 6.42 Å². The summed E-state index contributed by atoms with van der Waals surface area (Å²) in [6, 6.07) is 0.618. The zero-order valence-electron chi connectivity index (χ0n) is 7.39. The van der Waals surface area contributed by atoms with Crippen LogP contribution in [0.1, 0.15) is 34.1 Å². The molecule has 0 aliphatic rings. The first-order valence-electron chi connectivity index (χ1n) is 4.02. The zero-order chi connectivity index (χ0) is 8.15. The van der Waals surface area contributed by atoms with E-state index in [1.807, 2.05) is 0 Å². The van der Waals surface area contributed by atoms with Crippen molar-refractivity contribution in [3.05, 3.63) is 0 Å². The van der Waals surface area contributed by atoms with Crippen molar-refractivity contribution < 1.29 is 0 Å². The summed E-state index contributed by atoms with van der Waals surface area (Å²) in [5.74, 6) is 0.708. The zero-order valence-corrected chi connectivity index (χ0v) is 8.28. The van der Waals surface area contributed by atoms with Crippen molar-refractivity contribution in [3.8, 4) is 0 Å². The Balaban J connectivity index is 3.60. The van der Waals surface area contributed by atoms with Crippen molar-refractivity contribution >= 4 is 12.6 Å². The molecule has 0 saturated carbocycles. The van der Waals surface area contributed by atoms with Gasteiger partial charge in [0, 0.05) is 11.4 Å². The van der Waals surface area contributed by atoms with Gasteiger partial charge in [-0.3, -0.25) is 0 Å². The molecular weight excluding hydrogens is 142 g/mol. The summed E-state index contributed by atoms with van der Waals surface area (Å²) in [6.45, 7) is 8.73. The molecule has 1 N–H and O–H groups in total. The van der Waals surface area contributed by atoms with Crippen LogP contribution in [0.5, 0.6) is 0 Å². The van der Waals surface area contributed by atoms with Crippen LogP contribution in [-0.2, 0) is 0 Å². The lowest BCUT2D eigenvalue weighted by molar-refractivity contribution is 0.388. The van der Waals surface area contributed by atoms with E-state index in [4.69, 9.17) is 0 Å². The molecule has 0 spiro atoms. The molecule has 0 aromatic carbocycles. The van der Waals surface area contributed by atoms with Gasteiger partial charge in [0.1, 0.15) is 0 Å². The Morgan fingerprint density at radius 2 is 1.80 bits per heavy atom. The van der Waals surface area contributed by atoms with Crippen LogP contribution in [0.2, 0.25) is 0 Å². The fourth-order valence-electron chi connectivity index (χ4n) is 1.09. The summed E-state index contributed by atoms with van der Waals surface area (Å²) in [5.41, 5.74) is 0. The fraction of sp³-hybridized carbons (Fsp3) is 1.00. The molecule has 2 unspecified atom stereocenters. The topological polar surface area (TPSA) is 12.0 Å². The van der Waals surface area contributed by atoms with E-state index < -0.39 is 0 Å². The van der Waals surface area contributed by atoms with E-state index in [0.29, 0.717) is 17.3 Å². The second-order valence-electron chi connectivity index (χ2n) is 3.10. The maximum absolute atomic E-state index is 4.27. The molecule has 0 aromatic heterocycles. The third kappa shape index (κ3) is 4.18. The third-order valence-corrected chi connectivity index (χ3v) is 1.85. The van der Waals surface area contributed by atoms with Gasteiger partial charge in [0.15, 0.2) is 0 Å². The predicted octanol–water partition coefficient (Wildman–Crippen LogP) is 2.29. The Morgan fingerprint density at radius 1 is 1.30 bits per heavy atom. The predicted molar refractivity (Wildman–Crippen MR) is 50.5 cm³/mol. The van der Waals surface area contributed by atoms with Crippen LogP contribution in [0.4, 0.5) is 0 Å². The second-order valence-corrected chi connectivity index (χ2v) is 3.88. The van der Waals surface area contributed by atoms with Gasteiger partial charge in [-0.1, -0.05) is 20.8 Å². The average molecular weight is 161 g/mol. The van der Waals surface area contributed by atoms with Gasteiger partial charge in [0.05, 0.1) is 0 Å². The van der Waals surface area contributed by atoms with Gasteiger partial charge in [0.25, 0.3) is 0 Å². The summed E-state index contributed by atoms with van der Waals surface area (Å²) >= 11 is 4.27. The van der Waals surface area contributed by atoms with Crippen molar-refractivity contribution in [1.82, 2.24) is 5.32 Å². The SMILES string of the molecule is CCC(NC(C)S)C(C)C. The maximum Gasteiger partial charge on any atom is 0.0475 e. The largest absolute Gasteiger partial charge is 0.303 e. The molecule has 1 nitrogen and oxygen atoms in total. The van der Waals surface area contributed by atoms with Crippen LogP contribution in [0.15, 0.2) is 0 Å². The number of hydrogen-bond acceptors (Lipinski definition) is 2. The molecule has 0 aliphatic carbocycles. The Kier molecular flexibility index (Phi) is 5.18. The number of thiol groups is 1. The summed E-state index contributed by atoms with van der Waals surface area (Å²) < 4.78 is 0. The number of hydrogen-bond donors (Lipinski definition) is 2. The molecule has 0 fully saturated rings. The van der Waals surface area contributed by atoms with Crippen molar-refractivity contribution in [2.75, 3.05) is 0 Å². The summed E-state index contributed by atoms with van der Waals surface area (Å²) in [5, 5.41) is 3.71. The van der Waals surface area contributed by atoms with Gasteiger partial charge in [-0.05, 0) is 19.3 Å². The molecule has 0 amide bonds. The lowest BCUT2D eigenvalue weighted by Crippen LogP contribution is -2.36. The molecule has 0 bridgehead atoms. The normalized spacial score (nSPS) is 17.4. The first-order valence-corrected chi connectivity index (χ1v) is 4.53. The van der Waals surface area contributed by atoms with Gasteiger partial charge in [-0.25, -0.2) is 0 Å². The molecule has 2 atom stereocenters. The van der Waals surface area contributed by atoms with Crippen molar-refractivity contribution in [2.45, 2.75) is 45.5 Å². The van der Waals surface area contributed by atoms with Gasteiger partial charge < -0.3 is 5.32 Å². The van der Waals surface area contributed by atoms with Gasteiger partial charge in [0.2, 0.25) is 0 Å². The van der Waals surface area contributed by atoms with Crippen LogP contribution in [0.25, 0.3) is 0 Å². The minimum absolute atomic E-state index is 0.312. The fourth-order valence-corrected chi connectivity index (χ4v) is 1.28. The van der Waals surface area contributed by atoms with E-state index in [2.05, 4.69) is 45.6 Å². The molecule has 0 radical (unpaired) electrons. The first-order chi connectivity index (χ1) is 4.57. The molecule has 0 aliphatic heterocycles. The van der Waals surface area contributed by atoms with Crippen molar-refractivity contribution in [2.24, 2.45) is 5.92 Å². The van der Waals surface area contributed by atoms with Crippen LogP contribution < -0.4 is 5.32 Å². The molecule has 62 valence electrons. The van der Waals surface area contributed by atoms with Crippen LogP contribution in [0, 0.1) is 5.92 Å². The van der Waals surface area contributed by atoms with E-state index in [-0.39, 0.29) is 0 Å². The Labute approximate surface area is 70.0 Å². The average Bonchev–Trinajstić information content (AvgIpc) is 1.81. The minimum atomic E-state index is 0.312.